The summed E-state index contributed by atoms with van der Waals surface area (Å²) in [5, 5.41) is 4.89. The highest BCUT2D eigenvalue weighted by molar-refractivity contribution is 7.92. The average molecular weight is 490 g/mol. The van der Waals surface area contributed by atoms with Crippen LogP contribution in [0.5, 0.6) is 0 Å². The minimum atomic E-state index is -4.04. The summed E-state index contributed by atoms with van der Waals surface area (Å²) in [5.74, 6) is -0.606. The number of carbonyl (C=O) groups excluding carboxylic acids is 1. The van der Waals surface area contributed by atoms with E-state index in [1.54, 1.807) is 61.5 Å². The molecule has 6 nitrogen and oxygen atoms in total. The van der Waals surface area contributed by atoms with Gasteiger partial charge in [0.25, 0.3) is 15.9 Å². The van der Waals surface area contributed by atoms with E-state index in [0.717, 1.165) is 15.4 Å². The van der Waals surface area contributed by atoms with Gasteiger partial charge >= 0.3 is 0 Å². The number of sulfonamides is 1. The molecule has 0 spiro atoms. The third-order valence-electron chi connectivity index (χ3n) is 4.68. The first kappa shape index (κ1) is 23.8. The lowest BCUT2D eigenvalue weighted by molar-refractivity contribution is -0.119. The molecule has 1 N–H and O–H groups in total. The highest BCUT2D eigenvalue weighted by Gasteiger charge is 2.28. The first-order valence-corrected chi connectivity index (χ1v) is 11.8. The van der Waals surface area contributed by atoms with Gasteiger partial charge < -0.3 is 0 Å². The van der Waals surface area contributed by atoms with Crippen LogP contribution in [0.4, 0.5) is 5.69 Å². The molecule has 0 aliphatic carbocycles. The fourth-order valence-electron chi connectivity index (χ4n) is 2.90. The maximum absolute atomic E-state index is 13.4. The van der Waals surface area contributed by atoms with Gasteiger partial charge in [-0.05, 0) is 61.4 Å². The van der Waals surface area contributed by atoms with Gasteiger partial charge in [-0.2, -0.15) is 5.10 Å². The van der Waals surface area contributed by atoms with Crippen molar-refractivity contribution in [3.63, 3.8) is 0 Å². The van der Waals surface area contributed by atoms with Crippen molar-refractivity contribution in [3.05, 3.63) is 93.5 Å². The van der Waals surface area contributed by atoms with Crippen LogP contribution in [0, 0.1) is 13.8 Å². The summed E-state index contributed by atoms with van der Waals surface area (Å²) in [4.78, 5) is 12.7. The highest BCUT2D eigenvalue weighted by atomic mass is 35.5. The molecular formula is C23H21Cl2N3O3S. The van der Waals surface area contributed by atoms with Crippen molar-refractivity contribution in [3.8, 4) is 0 Å². The highest BCUT2D eigenvalue weighted by Crippen LogP contribution is 2.30. The Balaban J connectivity index is 1.89. The normalized spacial score (nSPS) is 11.5. The van der Waals surface area contributed by atoms with Gasteiger partial charge in [0.2, 0.25) is 0 Å². The van der Waals surface area contributed by atoms with Crippen molar-refractivity contribution >= 4 is 51.0 Å². The van der Waals surface area contributed by atoms with Crippen molar-refractivity contribution in [2.45, 2.75) is 18.7 Å². The molecule has 0 bridgehead atoms. The van der Waals surface area contributed by atoms with Crippen LogP contribution in [0.2, 0.25) is 10.0 Å². The maximum atomic E-state index is 13.4. The summed E-state index contributed by atoms with van der Waals surface area (Å²) in [6, 6.07) is 18.2. The van der Waals surface area contributed by atoms with E-state index in [1.165, 1.54) is 18.3 Å². The molecule has 3 aromatic rings. The molecule has 3 rings (SSSR count). The lowest BCUT2D eigenvalue weighted by atomic mass is 10.2. The molecule has 3 aromatic carbocycles. The Labute approximate surface area is 197 Å². The summed E-state index contributed by atoms with van der Waals surface area (Å²) < 4.78 is 27.9. The summed E-state index contributed by atoms with van der Waals surface area (Å²) in [6.45, 7) is 3.09. The van der Waals surface area contributed by atoms with Crippen LogP contribution in [0.3, 0.4) is 0 Å². The molecule has 0 radical (unpaired) electrons. The number of rotatable bonds is 7. The van der Waals surface area contributed by atoms with E-state index < -0.39 is 22.5 Å². The molecule has 0 saturated heterocycles. The number of aryl methyl sites for hydroxylation is 1. The van der Waals surface area contributed by atoms with E-state index in [9.17, 15) is 13.2 Å². The molecule has 0 fully saturated rings. The number of hydrazone groups is 1. The fraction of sp³-hybridized carbons (Fsp3) is 0.130. The zero-order valence-corrected chi connectivity index (χ0v) is 19.7. The van der Waals surface area contributed by atoms with E-state index in [2.05, 4.69) is 10.5 Å². The Morgan fingerprint density at radius 3 is 2.31 bits per heavy atom. The molecule has 0 aliphatic heterocycles. The largest absolute Gasteiger partial charge is 0.271 e. The number of benzene rings is 3. The molecule has 0 aliphatic rings. The van der Waals surface area contributed by atoms with Gasteiger partial charge in [0.05, 0.1) is 16.8 Å². The Kier molecular flexibility index (Phi) is 7.56. The number of amides is 1. The Morgan fingerprint density at radius 2 is 1.66 bits per heavy atom. The number of carbonyl (C=O) groups is 1. The van der Waals surface area contributed by atoms with Gasteiger partial charge in [-0.15, -0.1) is 0 Å². The van der Waals surface area contributed by atoms with Gasteiger partial charge in [-0.1, -0.05) is 59.1 Å². The summed E-state index contributed by atoms with van der Waals surface area (Å²) in [6.07, 6.45) is 1.44. The molecule has 0 aromatic heterocycles. The molecule has 0 unspecified atom stereocenters. The zero-order chi connectivity index (χ0) is 23.3. The smallest absolute Gasteiger partial charge is 0.264 e. The number of halogens is 2. The van der Waals surface area contributed by atoms with Crippen LogP contribution >= 0.6 is 23.2 Å². The Morgan fingerprint density at radius 1 is 1.00 bits per heavy atom. The van der Waals surface area contributed by atoms with Gasteiger partial charge in [0.1, 0.15) is 6.54 Å². The predicted molar refractivity (Wildman–Crippen MR) is 129 cm³/mol. The topological polar surface area (TPSA) is 78.8 Å². The van der Waals surface area contributed by atoms with Crippen LogP contribution < -0.4 is 9.73 Å². The van der Waals surface area contributed by atoms with E-state index in [-0.39, 0.29) is 4.90 Å². The summed E-state index contributed by atoms with van der Waals surface area (Å²) >= 11 is 12.1. The molecule has 9 heteroatoms. The predicted octanol–water partition coefficient (Wildman–Crippen LogP) is 4.96. The standard InChI is InChI=1S/C23H21Cl2N3O3S/c1-16-6-12-20(13-7-16)32(30,31)28(22-5-3-4-21(25)17(22)2)15-23(29)27-26-14-18-8-10-19(24)11-9-18/h3-14H,15H2,1-2H3,(H,27,29)/b26-14-. The summed E-state index contributed by atoms with van der Waals surface area (Å²) in [7, 11) is -4.04. The minimum absolute atomic E-state index is 0.0694. The zero-order valence-electron chi connectivity index (χ0n) is 17.4. The van der Waals surface area contributed by atoms with Crippen LogP contribution in [0.1, 0.15) is 16.7 Å². The molecule has 32 heavy (non-hydrogen) atoms. The monoisotopic (exact) mass is 489 g/mol. The first-order valence-electron chi connectivity index (χ1n) is 9.60. The summed E-state index contributed by atoms with van der Waals surface area (Å²) in [5.41, 5.74) is 4.88. The quantitative estimate of drug-likeness (QED) is 0.376. The van der Waals surface area contributed by atoms with Crippen LogP contribution in [-0.2, 0) is 14.8 Å². The molecule has 1 amide bonds. The van der Waals surface area contributed by atoms with E-state index in [0.29, 0.717) is 21.3 Å². The van der Waals surface area contributed by atoms with Crippen LogP contribution in [0.25, 0.3) is 0 Å². The first-order chi connectivity index (χ1) is 15.2. The van der Waals surface area contributed by atoms with E-state index in [1.807, 2.05) is 6.92 Å². The lowest BCUT2D eigenvalue weighted by Gasteiger charge is -2.25. The second-order valence-corrected chi connectivity index (χ2v) is 9.76. The number of anilines is 1. The van der Waals surface area contributed by atoms with Crippen molar-refractivity contribution < 1.29 is 13.2 Å². The maximum Gasteiger partial charge on any atom is 0.264 e. The molecule has 0 saturated carbocycles. The van der Waals surface area contributed by atoms with Crippen LogP contribution in [0.15, 0.2) is 76.7 Å². The second kappa shape index (κ2) is 10.2. The Hall–Kier alpha value is -2.87. The third-order valence-corrected chi connectivity index (χ3v) is 7.11. The molecule has 166 valence electrons. The molecule has 0 heterocycles. The number of nitrogens with zero attached hydrogens (tertiary/aromatic N) is 2. The second-order valence-electron chi connectivity index (χ2n) is 7.05. The third kappa shape index (κ3) is 5.68. The van der Waals surface area contributed by atoms with E-state index in [4.69, 9.17) is 23.2 Å². The average Bonchev–Trinajstić information content (AvgIpc) is 2.76. The molecule has 0 atom stereocenters. The minimum Gasteiger partial charge on any atom is -0.271 e. The van der Waals surface area contributed by atoms with Gasteiger partial charge in [0, 0.05) is 10.0 Å². The number of hydrogen-bond donors (Lipinski definition) is 1. The Bertz CT molecular complexity index is 1240. The number of nitrogens with one attached hydrogen (secondary N) is 1. The van der Waals surface area contributed by atoms with Crippen molar-refractivity contribution in [2.75, 3.05) is 10.8 Å². The SMILES string of the molecule is Cc1ccc(S(=O)(=O)N(CC(=O)N/N=C\c2ccc(Cl)cc2)c2cccc(Cl)c2C)cc1. The van der Waals surface area contributed by atoms with Gasteiger partial charge in [0.15, 0.2) is 0 Å². The van der Waals surface area contributed by atoms with E-state index >= 15 is 0 Å². The lowest BCUT2D eigenvalue weighted by Crippen LogP contribution is -2.40. The van der Waals surface area contributed by atoms with Gasteiger partial charge in [-0.25, -0.2) is 13.8 Å². The van der Waals surface area contributed by atoms with Crippen LogP contribution in [-0.4, -0.2) is 27.1 Å². The fourth-order valence-corrected chi connectivity index (χ4v) is 4.67. The van der Waals surface area contributed by atoms with Gasteiger partial charge in [-0.3, -0.25) is 9.10 Å². The van der Waals surface area contributed by atoms with Crippen molar-refractivity contribution in [1.82, 2.24) is 5.43 Å². The molecular weight excluding hydrogens is 469 g/mol. The van der Waals surface area contributed by atoms with Crippen molar-refractivity contribution in [1.29, 1.82) is 0 Å². The van der Waals surface area contributed by atoms with Crippen molar-refractivity contribution in [2.24, 2.45) is 5.10 Å². The number of hydrogen-bond acceptors (Lipinski definition) is 4.